The molecule has 0 aliphatic rings. The van der Waals surface area contributed by atoms with E-state index in [2.05, 4.69) is 15.5 Å². The summed E-state index contributed by atoms with van der Waals surface area (Å²) < 4.78 is 10.1. The van der Waals surface area contributed by atoms with E-state index in [1.165, 1.54) is 19.2 Å². The number of aromatic nitrogens is 2. The van der Waals surface area contributed by atoms with Crippen LogP contribution in [0, 0.1) is 10.1 Å². The molecule has 0 amide bonds. The van der Waals surface area contributed by atoms with Crippen LogP contribution in [0.5, 0.6) is 5.75 Å². The molecule has 0 fully saturated rings. The number of hydrogen-bond donors (Lipinski definition) is 1. The van der Waals surface area contributed by atoms with Crippen LogP contribution in [0.15, 0.2) is 22.7 Å². The van der Waals surface area contributed by atoms with Crippen LogP contribution in [0.2, 0.25) is 0 Å². The van der Waals surface area contributed by atoms with Crippen LogP contribution >= 0.6 is 0 Å². The Morgan fingerprint density at radius 2 is 2.24 bits per heavy atom. The minimum Gasteiger partial charge on any atom is -0.490 e. The Labute approximate surface area is 121 Å². The van der Waals surface area contributed by atoms with Crippen LogP contribution in [0.25, 0.3) is 11.5 Å². The molecule has 0 saturated heterocycles. The van der Waals surface area contributed by atoms with Crippen LogP contribution in [0.4, 0.5) is 5.69 Å². The van der Waals surface area contributed by atoms with E-state index in [0.29, 0.717) is 24.0 Å². The van der Waals surface area contributed by atoms with E-state index in [1.807, 2.05) is 13.8 Å². The molecule has 2 aromatic rings. The first-order chi connectivity index (χ1) is 10.0. The molecule has 0 radical (unpaired) electrons. The van der Waals surface area contributed by atoms with Crippen molar-refractivity contribution >= 4 is 5.69 Å². The Bertz CT molecular complexity index is 639. The topological polar surface area (TPSA) is 103 Å². The lowest BCUT2D eigenvalue weighted by atomic mass is 10.2. The summed E-state index contributed by atoms with van der Waals surface area (Å²) >= 11 is 0. The minimum absolute atomic E-state index is 0.143. The first-order valence-corrected chi connectivity index (χ1v) is 6.40. The summed E-state index contributed by atoms with van der Waals surface area (Å²) in [5, 5.41) is 18.0. The highest BCUT2D eigenvalue weighted by Gasteiger charge is 2.18. The monoisotopic (exact) mass is 292 g/mol. The van der Waals surface area contributed by atoms with Crippen molar-refractivity contribution < 1.29 is 14.2 Å². The number of nitrogens with zero attached hydrogens (tertiary/aromatic N) is 3. The summed E-state index contributed by atoms with van der Waals surface area (Å²) in [6, 6.07) is 4.79. The lowest BCUT2D eigenvalue weighted by molar-refractivity contribution is -0.385. The molecule has 112 valence electrons. The maximum Gasteiger partial charge on any atom is 0.311 e. The highest BCUT2D eigenvalue weighted by molar-refractivity contribution is 5.62. The van der Waals surface area contributed by atoms with Crippen molar-refractivity contribution in [2.75, 3.05) is 7.11 Å². The molecule has 8 nitrogen and oxygen atoms in total. The van der Waals surface area contributed by atoms with E-state index in [4.69, 9.17) is 9.26 Å². The maximum absolute atomic E-state index is 11.0. The summed E-state index contributed by atoms with van der Waals surface area (Å²) in [7, 11) is 1.38. The smallest absolute Gasteiger partial charge is 0.311 e. The zero-order chi connectivity index (χ0) is 15.4. The van der Waals surface area contributed by atoms with Crippen molar-refractivity contribution in [1.82, 2.24) is 15.5 Å². The first-order valence-electron chi connectivity index (χ1n) is 6.40. The van der Waals surface area contributed by atoms with Crippen molar-refractivity contribution in [3.8, 4) is 17.2 Å². The summed E-state index contributed by atoms with van der Waals surface area (Å²) in [6.45, 7) is 4.49. The molecule has 1 aromatic carbocycles. The third-order valence-corrected chi connectivity index (χ3v) is 2.76. The SMILES string of the molecule is COc1ccc(-c2nc(CNC(C)C)no2)cc1[N+](=O)[O-]. The van der Waals surface area contributed by atoms with E-state index in [1.54, 1.807) is 6.07 Å². The third-order valence-electron chi connectivity index (χ3n) is 2.76. The fraction of sp³-hybridized carbons (Fsp3) is 0.385. The van der Waals surface area contributed by atoms with E-state index < -0.39 is 4.92 Å². The Hall–Kier alpha value is -2.48. The minimum atomic E-state index is -0.514. The summed E-state index contributed by atoms with van der Waals surface area (Å²) in [6.07, 6.45) is 0. The molecule has 0 aliphatic carbocycles. The second-order valence-corrected chi connectivity index (χ2v) is 4.70. The van der Waals surface area contributed by atoms with Gasteiger partial charge in [-0.25, -0.2) is 0 Å². The van der Waals surface area contributed by atoms with E-state index in [9.17, 15) is 10.1 Å². The average molecular weight is 292 g/mol. The van der Waals surface area contributed by atoms with Gasteiger partial charge in [-0.05, 0) is 12.1 Å². The fourth-order valence-electron chi connectivity index (χ4n) is 1.70. The molecule has 0 unspecified atom stereocenters. The van der Waals surface area contributed by atoms with Gasteiger partial charge in [0, 0.05) is 17.7 Å². The first kappa shape index (κ1) is 14.9. The molecular weight excluding hydrogens is 276 g/mol. The zero-order valence-electron chi connectivity index (χ0n) is 12.0. The number of rotatable bonds is 6. The Morgan fingerprint density at radius 1 is 1.48 bits per heavy atom. The molecule has 0 bridgehead atoms. The number of nitro groups is 1. The number of nitro benzene ring substituents is 1. The Morgan fingerprint density at radius 3 is 2.86 bits per heavy atom. The molecule has 1 aromatic heterocycles. The highest BCUT2D eigenvalue weighted by Crippen LogP contribution is 2.31. The molecule has 2 rings (SSSR count). The number of benzene rings is 1. The number of methoxy groups -OCH3 is 1. The molecule has 1 N–H and O–H groups in total. The molecule has 0 saturated carbocycles. The predicted octanol–water partition coefficient (Wildman–Crippen LogP) is 2.15. The van der Waals surface area contributed by atoms with Gasteiger partial charge in [0.25, 0.3) is 5.89 Å². The second kappa shape index (κ2) is 6.31. The number of hydrogen-bond acceptors (Lipinski definition) is 7. The Balaban J connectivity index is 2.26. The molecule has 0 aliphatic heterocycles. The highest BCUT2D eigenvalue weighted by atomic mass is 16.6. The standard InChI is InChI=1S/C13H16N4O4/c1-8(2)14-7-12-15-13(21-16-12)9-4-5-11(20-3)10(6-9)17(18)19/h4-6,8,14H,7H2,1-3H3. The maximum atomic E-state index is 11.0. The zero-order valence-corrected chi connectivity index (χ0v) is 12.0. The predicted molar refractivity (Wildman–Crippen MR) is 74.9 cm³/mol. The lowest BCUT2D eigenvalue weighted by Crippen LogP contribution is -2.22. The number of ether oxygens (including phenoxy) is 1. The molecule has 1 heterocycles. The van der Waals surface area contributed by atoms with E-state index in [0.717, 1.165) is 0 Å². The summed E-state index contributed by atoms with van der Waals surface area (Å²) in [4.78, 5) is 14.7. The quantitative estimate of drug-likeness (QED) is 0.642. The second-order valence-electron chi connectivity index (χ2n) is 4.70. The van der Waals surface area contributed by atoms with Crippen LogP contribution in [-0.2, 0) is 6.54 Å². The van der Waals surface area contributed by atoms with Gasteiger partial charge in [0.2, 0.25) is 0 Å². The normalized spacial score (nSPS) is 10.9. The van der Waals surface area contributed by atoms with Crippen LogP contribution < -0.4 is 10.1 Å². The summed E-state index contributed by atoms with van der Waals surface area (Å²) in [5.41, 5.74) is 0.334. The van der Waals surface area contributed by atoms with Crippen molar-refractivity contribution in [2.24, 2.45) is 0 Å². The van der Waals surface area contributed by atoms with Crippen LogP contribution in [0.3, 0.4) is 0 Å². The fourth-order valence-corrected chi connectivity index (χ4v) is 1.70. The largest absolute Gasteiger partial charge is 0.490 e. The van der Waals surface area contributed by atoms with Gasteiger partial charge in [0.1, 0.15) is 0 Å². The van der Waals surface area contributed by atoms with E-state index >= 15 is 0 Å². The van der Waals surface area contributed by atoms with Gasteiger partial charge < -0.3 is 14.6 Å². The Kier molecular flexibility index (Phi) is 4.49. The van der Waals surface area contributed by atoms with Gasteiger partial charge >= 0.3 is 5.69 Å². The van der Waals surface area contributed by atoms with Crippen molar-refractivity contribution in [2.45, 2.75) is 26.4 Å². The van der Waals surface area contributed by atoms with Crippen molar-refractivity contribution in [3.05, 3.63) is 34.1 Å². The molecule has 0 atom stereocenters. The molecule has 0 spiro atoms. The van der Waals surface area contributed by atoms with Crippen LogP contribution in [0.1, 0.15) is 19.7 Å². The third kappa shape index (κ3) is 3.54. The average Bonchev–Trinajstić information content (AvgIpc) is 2.93. The molecule has 8 heteroatoms. The molecular formula is C13H16N4O4. The molecule has 21 heavy (non-hydrogen) atoms. The van der Waals surface area contributed by atoms with Gasteiger partial charge in [-0.15, -0.1) is 0 Å². The van der Waals surface area contributed by atoms with Gasteiger partial charge in [0.15, 0.2) is 11.6 Å². The van der Waals surface area contributed by atoms with Crippen LogP contribution in [-0.4, -0.2) is 28.2 Å². The van der Waals surface area contributed by atoms with Gasteiger partial charge in [0.05, 0.1) is 18.6 Å². The van der Waals surface area contributed by atoms with Gasteiger partial charge in [-0.2, -0.15) is 4.98 Å². The number of nitrogens with one attached hydrogen (secondary N) is 1. The van der Waals surface area contributed by atoms with Gasteiger partial charge in [-0.3, -0.25) is 10.1 Å². The summed E-state index contributed by atoms with van der Waals surface area (Å²) in [5.74, 6) is 0.920. The van der Waals surface area contributed by atoms with Crippen molar-refractivity contribution in [1.29, 1.82) is 0 Å². The van der Waals surface area contributed by atoms with Gasteiger partial charge in [-0.1, -0.05) is 19.0 Å². The van der Waals surface area contributed by atoms with Crippen molar-refractivity contribution in [3.63, 3.8) is 0 Å². The lowest BCUT2D eigenvalue weighted by Gasteiger charge is -2.03. The van der Waals surface area contributed by atoms with E-state index in [-0.39, 0.29) is 17.3 Å².